The molecule has 2 aromatic carbocycles. The van der Waals surface area contributed by atoms with Crippen molar-refractivity contribution in [3.63, 3.8) is 0 Å². The maximum absolute atomic E-state index is 13.8. The van der Waals surface area contributed by atoms with Gasteiger partial charge in [0.05, 0.1) is 35.1 Å². The van der Waals surface area contributed by atoms with Crippen molar-refractivity contribution >= 4 is 37.2 Å². The highest BCUT2D eigenvalue weighted by molar-refractivity contribution is 7.91. The van der Waals surface area contributed by atoms with Crippen molar-refractivity contribution in [3.8, 4) is 5.75 Å². The Morgan fingerprint density at radius 3 is 2.54 bits per heavy atom. The second-order valence-electron chi connectivity index (χ2n) is 9.58. The second-order valence-corrected chi connectivity index (χ2v) is 14.1. The number of hydrogen-bond donors (Lipinski definition) is 0. The molecule has 1 unspecified atom stereocenters. The third kappa shape index (κ3) is 7.34. The first-order valence-electron chi connectivity index (χ1n) is 12.5. The molecule has 39 heavy (non-hydrogen) atoms. The number of hydrogen-bond acceptors (Lipinski definition) is 8. The Morgan fingerprint density at radius 1 is 1.15 bits per heavy atom. The van der Waals surface area contributed by atoms with Crippen LogP contribution in [-0.4, -0.2) is 61.8 Å². The van der Waals surface area contributed by atoms with Gasteiger partial charge in [0, 0.05) is 12.6 Å². The Balaban J connectivity index is 1.64. The molecule has 1 amide bonds. The normalized spacial score (nSPS) is 16.6. The number of sulfone groups is 2. The summed E-state index contributed by atoms with van der Waals surface area (Å²) in [5.41, 5.74) is 1.92. The van der Waals surface area contributed by atoms with E-state index in [9.17, 15) is 21.6 Å². The first-order valence-corrected chi connectivity index (χ1v) is 16.4. The Morgan fingerprint density at radius 2 is 1.90 bits per heavy atom. The summed E-state index contributed by atoms with van der Waals surface area (Å²) < 4.78 is 56.4. The summed E-state index contributed by atoms with van der Waals surface area (Å²) in [4.78, 5) is 23.2. The molecule has 0 spiro atoms. The van der Waals surface area contributed by atoms with Crippen LogP contribution in [0.5, 0.6) is 5.75 Å². The standard InChI is InChI=1S/C27H30ClN3O6S2/c1-3-12-37-23-9-7-20(8-10-23)16-31(22-11-13-38(33,34)18-22)26(32)25-24(28)15-29-27(30-25)39(35,36)17-21-6-4-5-19(2)14-21/h4-10,14-15,22H,3,11-13,16-18H2,1-2H3. The smallest absolute Gasteiger partial charge is 0.274 e. The number of carbonyl (C=O) groups excluding carboxylic acids is 1. The summed E-state index contributed by atoms with van der Waals surface area (Å²) in [6, 6.07) is 13.6. The molecule has 1 fully saturated rings. The van der Waals surface area contributed by atoms with Crippen LogP contribution >= 0.6 is 11.6 Å². The molecule has 2 heterocycles. The third-order valence-electron chi connectivity index (χ3n) is 6.30. The molecule has 0 aliphatic carbocycles. The molecule has 9 nitrogen and oxygen atoms in total. The van der Waals surface area contributed by atoms with Crippen LogP contribution in [0.2, 0.25) is 5.02 Å². The SMILES string of the molecule is CCCOc1ccc(CN(C(=O)c2nc(S(=O)(=O)Cc3cccc(C)c3)ncc2Cl)C2CCS(=O)(=O)C2)cc1. The van der Waals surface area contributed by atoms with Crippen molar-refractivity contribution < 1.29 is 26.4 Å². The van der Waals surface area contributed by atoms with Crippen molar-refractivity contribution in [2.45, 2.75) is 50.2 Å². The zero-order valence-electron chi connectivity index (χ0n) is 21.7. The summed E-state index contributed by atoms with van der Waals surface area (Å²) >= 11 is 6.30. The number of nitrogens with zero attached hydrogens (tertiary/aromatic N) is 3. The fourth-order valence-corrected chi connectivity index (χ4v) is 7.46. The lowest BCUT2D eigenvalue weighted by Gasteiger charge is -2.28. The van der Waals surface area contributed by atoms with E-state index in [0.29, 0.717) is 17.9 Å². The highest BCUT2D eigenvalue weighted by Gasteiger charge is 2.36. The van der Waals surface area contributed by atoms with Crippen LogP contribution in [0.3, 0.4) is 0 Å². The van der Waals surface area contributed by atoms with E-state index in [1.165, 1.54) is 4.90 Å². The lowest BCUT2D eigenvalue weighted by molar-refractivity contribution is 0.0674. The van der Waals surface area contributed by atoms with Crippen LogP contribution in [0.1, 0.15) is 46.9 Å². The molecule has 208 valence electrons. The fraction of sp³-hybridized carbons (Fsp3) is 0.370. The van der Waals surface area contributed by atoms with Gasteiger partial charge in [-0.1, -0.05) is 60.5 Å². The number of aryl methyl sites for hydroxylation is 1. The molecule has 1 aliphatic rings. The van der Waals surface area contributed by atoms with Gasteiger partial charge in [0.15, 0.2) is 15.5 Å². The van der Waals surface area contributed by atoms with Gasteiger partial charge in [0.2, 0.25) is 15.0 Å². The molecule has 1 atom stereocenters. The number of carbonyl (C=O) groups is 1. The quantitative estimate of drug-likeness (QED) is 0.324. The van der Waals surface area contributed by atoms with Gasteiger partial charge in [0.1, 0.15) is 5.75 Å². The molecule has 0 N–H and O–H groups in total. The third-order valence-corrected chi connectivity index (χ3v) is 9.79. The predicted octanol–water partition coefficient (Wildman–Crippen LogP) is 4.03. The summed E-state index contributed by atoms with van der Waals surface area (Å²) in [5, 5.41) is -0.642. The summed E-state index contributed by atoms with van der Waals surface area (Å²) in [6.07, 6.45) is 2.21. The molecular formula is C27H30ClN3O6S2. The number of amides is 1. The van der Waals surface area contributed by atoms with Gasteiger partial charge in [-0.3, -0.25) is 4.79 Å². The van der Waals surface area contributed by atoms with Crippen LogP contribution in [0, 0.1) is 6.92 Å². The number of ether oxygens (including phenoxy) is 1. The summed E-state index contributed by atoms with van der Waals surface area (Å²) in [6.45, 7) is 4.52. The molecular weight excluding hydrogens is 562 g/mol. The summed E-state index contributed by atoms with van der Waals surface area (Å²) in [7, 11) is -7.32. The van der Waals surface area contributed by atoms with Crippen LogP contribution in [0.25, 0.3) is 0 Å². The average molecular weight is 592 g/mol. The Labute approximate surface area is 234 Å². The Kier molecular flexibility index (Phi) is 8.93. The van der Waals surface area contributed by atoms with Gasteiger partial charge >= 0.3 is 0 Å². The number of halogens is 1. The van der Waals surface area contributed by atoms with Crippen LogP contribution in [0.15, 0.2) is 59.9 Å². The van der Waals surface area contributed by atoms with E-state index in [-0.39, 0.29) is 40.9 Å². The van der Waals surface area contributed by atoms with E-state index in [1.807, 2.05) is 19.9 Å². The van der Waals surface area contributed by atoms with E-state index >= 15 is 0 Å². The second kappa shape index (κ2) is 12.0. The van der Waals surface area contributed by atoms with Gasteiger partial charge in [-0.25, -0.2) is 26.8 Å². The number of rotatable bonds is 10. The molecule has 0 bridgehead atoms. The molecule has 3 aromatic rings. The van der Waals surface area contributed by atoms with E-state index in [4.69, 9.17) is 16.3 Å². The Bertz CT molecular complexity index is 1560. The van der Waals surface area contributed by atoms with Crippen molar-refractivity contribution in [3.05, 3.63) is 82.1 Å². The average Bonchev–Trinajstić information content (AvgIpc) is 3.25. The van der Waals surface area contributed by atoms with Crippen LogP contribution in [0.4, 0.5) is 0 Å². The van der Waals surface area contributed by atoms with Gasteiger partial charge in [-0.2, -0.15) is 0 Å². The van der Waals surface area contributed by atoms with Crippen molar-refractivity contribution in [1.29, 1.82) is 0 Å². The minimum Gasteiger partial charge on any atom is -0.494 e. The topological polar surface area (TPSA) is 124 Å². The fourth-order valence-electron chi connectivity index (χ4n) is 4.37. The molecule has 0 radical (unpaired) electrons. The van der Waals surface area contributed by atoms with Crippen LogP contribution < -0.4 is 4.74 Å². The molecule has 12 heteroatoms. The predicted molar refractivity (Wildman–Crippen MR) is 148 cm³/mol. The first kappa shape index (κ1) is 29.0. The lowest BCUT2D eigenvalue weighted by Crippen LogP contribution is -2.41. The highest BCUT2D eigenvalue weighted by Crippen LogP contribution is 2.26. The van der Waals surface area contributed by atoms with Gasteiger partial charge < -0.3 is 9.64 Å². The van der Waals surface area contributed by atoms with Crippen molar-refractivity contribution in [2.75, 3.05) is 18.1 Å². The zero-order valence-corrected chi connectivity index (χ0v) is 24.1. The van der Waals surface area contributed by atoms with E-state index in [2.05, 4.69) is 9.97 Å². The monoisotopic (exact) mass is 591 g/mol. The molecule has 1 saturated heterocycles. The lowest BCUT2D eigenvalue weighted by atomic mass is 10.1. The van der Waals surface area contributed by atoms with Crippen molar-refractivity contribution in [2.24, 2.45) is 0 Å². The van der Waals surface area contributed by atoms with Crippen molar-refractivity contribution in [1.82, 2.24) is 14.9 Å². The minimum atomic E-state index is -4.00. The van der Waals surface area contributed by atoms with E-state index in [1.54, 1.807) is 42.5 Å². The molecule has 4 rings (SSSR count). The van der Waals surface area contributed by atoms with Gasteiger partial charge in [-0.15, -0.1) is 0 Å². The molecule has 1 aliphatic heterocycles. The molecule has 1 aromatic heterocycles. The number of aromatic nitrogens is 2. The highest BCUT2D eigenvalue weighted by atomic mass is 35.5. The maximum Gasteiger partial charge on any atom is 0.274 e. The van der Waals surface area contributed by atoms with Crippen LogP contribution in [-0.2, 0) is 32.0 Å². The Hall–Kier alpha value is -3.02. The first-order chi connectivity index (χ1) is 18.5. The minimum absolute atomic E-state index is 0.0428. The summed E-state index contributed by atoms with van der Waals surface area (Å²) in [5.74, 6) is -0.565. The van der Waals surface area contributed by atoms with Gasteiger partial charge in [-0.05, 0) is 43.0 Å². The maximum atomic E-state index is 13.8. The molecule has 0 saturated carbocycles. The largest absolute Gasteiger partial charge is 0.494 e. The van der Waals surface area contributed by atoms with E-state index < -0.39 is 36.8 Å². The number of benzene rings is 2. The van der Waals surface area contributed by atoms with E-state index in [0.717, 1.165) is 23.7 Å². The zero-order chi connectivity index (χ0) is 28.2. The van der Waals surface area contributed by atoms with Gasteiger partial charge in [0.25, 0.3) is 5.91 Å².